The molecule has 1 aliphatic heterocycles. The fraction of sp³-hybridized carbons (Fsp3) is 0.429. The van der Waals surface area contributed by atoms with Gasteiger partial charge in [-0.3, -0.25) is 9.59 Å². The Kier molecular flexibility index (Phi) is 4.89. The number of ketones is 1. The van der Waals surface area contributed by atoms with E-state index in [0.29, 0.717) is 16.6 Å². The van der Waals surface area contributed by atoms with E-state index in [2.05, 4.69) is 0 Å². The van der Waals surface area contributed by atoms with Crippen LogP contribution in [0.2, 0.25) is 10.0 Å². The normalized spacial score (nSPS) is 13.2. The lowest BCUT2D eigenvalue weighted by molar-refractivity contribution is -0.145. The van der Waals surface area contributed by atoms with E-state index < -0.39 is 5.97 Å². The zero-order chi connectivity index (χ0) is 14.7. The van der Waals surface area contributed by atoms with E-state index in [-0.39, 0.29) is 25.4 Å². The van der Waals surface area contributed by atoms with Crippen LogP contribution in [0.1, 0.15) is 18.9 Å². The molecule has 0 unspecified atom stereocenters. The number of benzene rings is 1. The lowest BCUT2D eigenvalue weighted by Crippen LogP contribution is -2.29. The molecule has 0 fully saturated rings. The van der Waals surface area contributed by atoms with Crippen molar-refractivity contribution in [3.05, 3.63) is 27.7 Å². The van der Waals surface area contributed by atoms with Gasteiger partial charge in [-0.15, -0.1) is 0 Å². The van der Waals surface area contributed by atoms with Crippen LogP contribution in [0.5, 0.6) is 0 Å². The van der Waals surface area contributed by atoms with E-state index in [9.17, 15) is 9.59 Å². The van der Waals surface area contributed by atoms with E-state index in [1.165, 1.54) is 0 Å². The second-order valence-electron chi connectivity index (χ2n) is 4.58. The summed E-state index contributed by atoms with van der Waals surface area (Å²) in [4.78, 5) is 25.0. The fourth-order valence-corrected chi connectivity index (χ4v) is 2.87. The van der Waals surface area contributed by atoms with Crippen molar-refractivity contribution in [3.63, 3.8) is 0 Å². The molecule has 0 spiro atoms. The summed E-state index contributed by atoms with van der Waals surface area (Å²) in [5, 5.41) is 1.16. The van der Waals surface area contributed by atoms with Crippen LogP contribution >= 0.6 is 23.2 Å². The third kappa shape index (κ3) is 3.44. The molecule has 0 saturated carbocycles. The molecule has 2 rings (SSSR count). The number of rotatable bonds is 5. The molecule has 0 saturated heterocycles. The summed E-state index contributed by atoms with van der Waals surface area (Å²) in [6.45, 7) is 2.86. The SMILES string of the molecule is CCOC(=O)CC(=O)CN1CCc2c(Cl)cc(Cl)cc21. The fourth-order valence-electron chi connectivity index (χ4n) is 2.29. The van der Waals surface area contributed by atoms with Crippen LogP contribution in [-0.2, 0) is 20.7 Å². The average Bonchev–Trinajstić information content (AvgIpc) is 2.72. The van der Waals surface area contributed by atoms with Gasteiger partial charge in [0, 0.05) is 22.3 Å². The summed E-state index contributed by atoms with van der Waals surface area (Å²) in [5.41, 5.74) is 1.87. The highest BCUT2D eigenvalue weighted by atomic mass is 35.5. The zero-order valence-electron chi connectivity index (χ0n) is 11.1. The van der Waals surface area contributed by atoms with E-state index in [1.54, 1.807) is 19.1 Å². The first-order chi connectivity index (χ1) is 9.51. The molecule has 0 aliphatic carbocycles. The van der Waals surface area contributed by atoms with Crippen LogP contribution in [0.3, 0.4) is 0 Å². The maximum atomic E-state index is 11.9. The molecule has 1 aliphatic rings. The molecule has 0 radical (unpaired) electrons. The first-order valence-electron chi connectivity index (χ1n) is 6.41. The highest BCUT2D eigenvalue weighted by molar-refractivity contribution is 6.35. The molecule has 108 valence electrons. The quantitative estimate of drug-likeness (QED) is 0.619. The minimum atomic E-state index is -0.485. The van der Waals surface area contributed by atoms with Crippen molar-refractivity contribution >= 4 is 40.6 Å². The summed E-state index contributed by atoms with van der Waals surface area (Å²) in [7, 11) is 0. The second kappa shape index (κ2) is 6.46. The van der Waals surface area contributed by atoms with E-state index in [4.69, 9.17) is 27.9 Å². The van der Waals surface area contributed by atoms with Gasteiger partial charge in [0.25, 0.3) is 0 Å². The summed E-state index contributed by atoms with van der Waals surface area (Å²) in [6, 6.07) is 3.50. The molecular weight excluding hydrogens is 301 g/mol. The highest BCUT2D eigenvalue weighted by Crippen LogP contribution is 2.36. The van der Waals surface area contributed by atoms with Crippen molar-refractivity contribution in [1.29, 1.82) is 0 Å². The van der Waals surface area contributed by atoms with Gasteiger partial charge >= 0.3 is 5.97 Å². The summed E-state index contributed by atoms with van der Waals surface area (Å²) < 4.78 is 4.76. The first-order valence-corrected chi connectivity index (χ1v) is 7.17. The minimum Gasteiger partial charge on any atom is -0.466 e. The van der Waals surface area contributed by atoms with Crippen molar-refractivity contribution in [2.45, 2.75) is 19.8 Å². The van der Waals surface area contributed by atoms with Crippen molar-refractivity contribution in [2.75, 3.05) is 24.6 Å². The molecule has 0 aromatic heterocycles. The van der Waals surface area contributed by atoms with Gasteiger partial charge in [-0.2, -0.15) is 0 Å². The van der Waals surface area contributed by atoms with Crippen LogP contribution < -0.4 is 4.90 Å². The van der Waals surface area contributed by atoms with Gasteiger partial charge in [0.05, 0.1) is 13.2 Å². The standard InChI is InChI=1S/C14H15Cl2NO3/c1-2-20-14(19)7-10(18)8-17-4-3-11-12(16)5-9(15)6-13(11)17/h5-6H,2-4,7-8H2,1H3. The van der Waals surface area contributed by atoms with E-state index in [0.717, 1.165) is 17.7 Å². The van der Waals surface area contributed by atoms with Crippen molar-refractivity contribution in [2.24, 2.45) is 0 Å². The number of esters is 1. The second-order valence-corrected chi connectivity index (χ2v) is 5.42. The number of hydrogen-bond donors (Lipinski definition) is 0. The molecule has 0 atom stereocenters. The number of fused-ring (bicyclic) bond motifs is 1. The summed E-state index contributed by atoms with van der Waals surface area (Å²) >= 11 is 12.1. The van der Waals surface area contributed by atoms with Gasteiger partial charge in [-0.25, -0.2) is 0 Å². The van der Waals surface area contributed by atoms with Crippen LogP contribution in [0.25, 0.3) is 0 Å². The molecule has 1 aromatic rings. The van der Waals surface area contributed by atoms with Crippen LogP contribution in [-0.4, -0.2) is 31.4 Å². The molecule has 1 heterocycles. The average molecular weight is 316 g/mol. The first kappa shape index (κ1) is 15.1. The topological polar surface area (TPSA) is 46.6 Å². The Balaban J connectivity index is 2.04. The molecule has 1 aromatic carbocycles. The number of carbonyl (C=O) groups is 2. The molecule has 6 heteroatoms. The smallest absolute Gasteiger partial charge is 0.313 e. The van der Waals surface area contributed by atoms with Crippen LogP contribution in [0.4, 0.5) is 5.69 Å². The van der Waals surface area contributed by atoms with E-state index >= 15 is 0 Å². The number of halogens is 2. The number of nitrogens with zero attached hydrogens (tertiary/aromatic N) is 1. The van der Waals surface area contributed by atoms with Crippen LogP contribution in [0, 0.1) is 0 Å². The molecule has 4 nitrogen and oxygen atoms in total. The number of carbonyl (C=O) groups excluding carboxylic acids is 2. The third-order valence-electron chi connectivity index (χ3n) is 3.12. The minimum absolute atomic E-state index is 0.169. The zero-order valence-corrected chi connectivity index (χ0v) is 12.6. The van der Waals surface area contributed by atoms with Crippen molar-refractivity contribution < 1.29 is 14.3 Å². The van der Waals surface area contributed by atoms with Crippen LogP contribution in [0.15, 0.2) is 12.1 Å². The Labute approximate surface area is 127 Å². The van der Waals surface area contributed by atoms with Crippen molar-refractivity contribution in [3.8, 4) is 0 Å². The molecule has 0 bridgehead atoms. The van der Waals surface area contributed by atoms with E-state index in [1.807, 2.05) is 4.90 Å². The number of ether oxygens (including phenoxy) is 1. The Morgan fingerprint density at radius 2 is 2.10 bits per heavy atom. The number of Topliss-reactive ketones (excluding diaryl/α,β-unsaturated/α-hetero) is 1. The van der Waals surface area contributed by atoms with Gasteiger partial charge in [0.1, 0.15) is 6.42 Å². The monoisotopic (exact) mass is 315 g/mol. The Morgan fingerprint density at radius 3 is 2.80 bits per heavy atom. The Hall–Kier alpha value is -1.26. The Bertz CT molecular complexity index is 545. The van der Waals surface area contributed by atoms with Gasteiger partial charge in [0.2, 0.25) is 0 Å². The largest absolute Gasteiger partial charge is 0.466 e. The Morgan fingerprint density at radius 1 is 1.35 bits per heavy atom. The predicted molar refractivity (Wildman–Crippen MR) is 78.6 cm³/mol. The summed E-state index contributed by atoms with van der Waals surface area (Å²) in [5.74, 6) is -0.659. The lowest BCUT2D eigenvalue weighted by Gasteiger charge is -2.18. The van der Waals surface area contributed by atoms with Crippen molar-refractivity contribution in [1.82, 2.24) is 0 Å². The van der Waals surface area contributed by atoms with Gasteiger partial charge in [0.15, 0.2) is 5.78 Å². The molecular formula is C14H15Cl2NO3. The number of anilines is 1. The van der Waals surface area contributed by atoms with Gasteiger partial charge < -0.3 is 9.64 Å². The highest BCUT2D eigenvalue weighted by Gasteiger charge is 2.24. The third-order valence-corrected chi connectivity index (χ3v) is 3.68. The lowest BCUT2D eigenvalue weighted by atomic mass is 10.1. The maximum absolute atomic E-state index is 11.9. The van der Waals surface area contributed by atoms with Gasteiger partial charge in [-0.05, 0) is 31.0 Å². The maximum Gasteiger partial charge on any atom is 0.313 e. The van der Waals surface area contributed by atoms with Gasteiger partial charge in [-0.1, -0.05) is 23.2 Å². The molecule has 0 amide bonds. The summed E-state index contributed by atoms with van der Waals surface area (Å²) in [6.07, 6.45) is 0.575. The predicted octanol–water partition coefficient (Wildman–Crippen LogP) is 2.88. The molecule has 20 heavy (non-hydrogen) atoms. The number of hydrogen-bond acceptors (Lipinski definition) is 4. The molecule has 0 N–H and O–H groups in total.